The van der Waals surface area contributed by atoms with E-state index in [0.29, 0.717) is 11.4 Å². The number of Topliss-reactive ketones (excluding diaryl/α,β-unsaturated/α-hetero) is 1. The van der Waals surface area contributed by atoms with Crippen LogP contribution in [0.15, 0.2) is 28.9 Å². The molecule has 0 spiro atoms. The van der Waals surface area contributed by atoms with Gasteiger partial charge in [-0.3, -0.25) is 9.59 Å². The first-order valence-corrected chi connectivity index (χ1v) is 3.50. The zero-order valence-electron chi connectivity index (χ0n) is 6.15. The first kappa shape index (κ1) is 6.97. The standard InChI is InChI=1S/C8H6N2O2/c9-4-2-1-3-5-6(4)7(11)8(12)10-5/h1-3,6H,9H2. The topological polar surface area (TPSA) is 72.5 Å². The summed E-state index contributed by atoms with van der Waals surface area (Å²) in [5, 5.41) is 0. The average molecular weight is 162 g/mol. The number of hydrogen-bond acceptors (Lipinski definition) is 3. The van der Waals surface area contributed by atoms with Crippen molar-refractivity contribution in [3.63, 3.8) is 0 Å². The molecular formula is C8H6N2O2. The molecule has 1 unspecified atom stereocenters. The van der Waals surface area contributed by atoms with Gasteiger partial charge in [0.2, 0.25) is 5.78 Å². The number of hydrogen-bond donors (Lipinski definition) is 1. The molecule has 0 aromatic carbocycles. The molecule has 0 bridgehead atoms. The fraction of sp³-hybridized carbons (Fsp3) is 0.125. The van der Waals surface area contributed by atoms with Crippen molar-refractivity contribution in [3.8, 4) is 0 Å². The number of aliphatic imine (C=N–C) groups is 1. The van der Waals surface area contributed by atoms with E-state index in [1.54, 1.807) is 18.2 Å². The lowest BCUT2D eigenvalue weighted by atomic mass is 9.93. The lowest BCUT2D eigenvalue weighted by Crippen LogP contribution is -2.27. The third kappa shape index (κ3) is 0.747. The van der Waals surface area contributed by atoms with Gasteiger partial charge in [0, 0.05) is 5.70 Å². The van der Waals surface area contributed by atoms with Crippen molar-refractivity contribution in [1.82, 2.24) is 0 Å². The Hall–Kier alpha value is -1.71. The van der Waals surface area contributed by atoms with Crippen LogP contribution in [0.5, 0.6) is 0 Å². The van der Waals surface area contributed by atoms with Crippen LogP contribution >= 0.6 is 0 Å². The molecule has 2 N–H and O–H groups in total. The Kier molecular flexibility index (Phi) is 1.24. The van der Waals surface area contributed by atoms with Crippen LogP contribution < -0.4 is 5.73 Å². The highest BCUT2D eigenvalue weighted by atomic mass is 16.2. The second kappa shape index (κ2) is 2.14. The molecule has 0 saturated carbocycles. The van der Waals surface area contributed by atoms with E-state index >= 15 is 0 Å². The van der Waals surface area contributed by atoms with Crippen LogP contribution in [0.3, 0.4) is 0 Å². The maximum absolute atomic E-state index is 11.1. The molecule has 1 aliphatic carbocycles. The van der Waals surface area contributed by atoms with Crippen LogP contribution in [0.4, 0.5) is 0 Å². The molecule has 2 rings (SSSR count). The summed E-state index contributed by atoms with van der Waals surface area (Å²) in [6.45, 7) is 0. The van der Waals surface area contributed by atoms with Crippen LogP contribution in [-0.2, 0) is 9.59 Å². The van der Waals surface area contributed by atoms with E-state index in [4.69, 9.17) is 5.73 Å². The van der Waals surface area contributed by atoms with Gasteiger partial charge in [-0.2, -0.15) is 0 Å². The molecule has 1 atom stereocenters. The molecule has 12 heavy (non-hydrogen) atoms. The molecule has 0 aromatic rings. The summed E-state index contributed by atoms with van der Waals surface area (Å²) in [7, 11) is 0. The molecular weight excluding hydrogens is 156 g/mol. The van der Waals surface area contributed by atoms with Crippen LogP contribution in [0.25, 0.3) is 0 Å². The van der Waals surface area contributed by atoms with Gasteiger partial charge >= 0.3 is 5.91 Å². The Bertz CT molecular complexity index is 363. The monoisotopic (exact) mass is 162 g/mol. The molecule has 4 heteroatoms. The zero-order valence-corrected chi connectivity index (χ0v) is 6.15. The van der Waals surface area contributed by atoms with Crippen molar-refractivity contribution in [2.75, 3.05) is 0 Å². The first-order valence-electron chi connectivity index (χ1n) is 3.50. The van der Waals surface area contributed by atoms with Gasteiger partial charge in [-0.05, 0) is 12.2 Å². The number of carbonyl (C=O) groups excluding carboxylic acids is 2. The Morgan fingerprint density at radius 2 is 2.17 bits per heavy atom. The summed E-state index contributed by atoms with van der Waals surface area (Å²) in [5.74, 6) is -1.83. The van der Waals surface area contributed by atoms with Crippen LogP contribution in [0, 0.1) is 5.92 Å². The van der Waals surface area contributed by atoms with Crippen LogP contribution in [0.1, 0.15) is 0 Å². The number of rotatable bonds is 0. The minimum Gasteiger partial charge on any atom is -0.401 e. The van der Waals surface area contributed by atoms with Crippen molar-refractivity contribution in [1.29, 1.82) is 0 Å². The summed E-state index contributed by atoms with van der Waals surface area (Å²) in [6.07, 6.45) is 4.92. The summed E-state index contributed by atoms with van der Waals surface area (Å²) in [6, 6.07) is 0. The minimum absolute atomic E-state index is 0.395. The quantitative estimate of drug-likeness (QED) is 0.491. The van der Waals surface area contributed by atoms with Crippen molar-refractivity contribution in [3.05, 3.63) is 23.9 Å². The van der Waals surface area contributed by atoms with Gasteiger partial charge in [-0.15, -0.1) is 0 Å². The number of nitrogens with two attached hydrogens (primary N) is 1. The summed E-state index contributed by atoms with van der Waals surface area (Å²) >= 11 is 0. The molecule has 2 aliphatic rings. The summed E-state index contributed by atoms with van der Waals surface area (Å²) in [4.78, 5) is 25.5. The molecule has 1 aliphatic heterocycles. The smallest absolute Gasteiger partial charge is 0.314 e. The minimum atomic E-state index is -0.696. The molecule has 4 nitrogen and oxygen atoms in total. The second-order valence-electron chi connectivity index (χ2n) is 2.66. The SMILES string of the molecule is NC1=CC=CC2=NC(=O)C(=O)C12. The summed E-state index contributed by atoms with van der Waals surface area (Å²) in [5.41, 5.74) is 6.39. The Morgan fingerprint density at radius 3 is 2.83 bits per heavy atom. The van der Waals surface area contributed by atoms with Crippen molar-refractivity contribution >= 4 is 17.4 Å². The summed E-state index contributed by atoms with van der Waals surface area (Å²) < 4.78 is 0. The highest BCUT2D eigenvalue weighted by Crippen LogP contribution is 2.21. The number of ketones is 1. The fourth-order valence-electron chi connectivity index (χ4n) is 1.30. The molecule has 60 valence electrons. The van der Waals surface area contributed by atoms with Gasteiger partial charge in [0.25, 0.3) is 0 Å². The molecule has 0 fully saturated rings. The normalized spacial score (nSPS) is 26.8. The number of fused-ring (bicyclic) bond motifs is 1. The van der Waals surface area contributed by atoms with Gasteiger partial charge in [0.1, 0.15) is 5.92 Å². The second-order valence-corrected chi connectivity index (χ2v) is 2.66. The van der Waals surface area contributed by atoms with Gasteiger partial charge in [-0.25, -0.2) is 4.99 Å². The van der Waals surface area contributed by atoms with Crippen molar-refractivity contribution in [2.45, 2.75) is 0 Å². The van der Waals surface area contributed by atoms with Gasteiger partial charge in [0.15, 0.2) is 0 Å². The molecule has 0 saturated heterocycles. The number of amides is 1. The number of allylic oxidation sites excluding steroid dienone is 4. The predicted octanol–water partition coefficient (Wildman–Crippen LogP) is -0.435. The van der Waals surface area contributed by atoms with Gasteiger partial charge in [0.05, 0.1) is 5.71 Å². The Labute approximate surface area is 68.5 Å². The van der Waals surface area contributed by atoms with Gasteiger partial charge < -0.3 is 5.73 Å². The van der Waals surface area contributed by atoms with E-state index in [9.17, 15) is 9.59 Å². The first-order chi connectivity index (χ1) is 5.70. The van der Waals surface area contributed by atoms with E-state index in [1.807, 2.05) is 0 Å². The third-order valence-corrected chi connectivity index (χ3v) is 1.89. The van der Waals surface area contributed by atoms with E-state index < -0.39 is 17.6 Å². The fourth-order valence-corrected chi connectivity index (χ4v) is 1.30. The van der Waals surface area contributed by atoms with E-state index in [-0.39, 0.29) is 0 Å². The lowest BCUT2D eigenvalue weighted by Gasteiger charge is -2.10. The highest BCUT2D eigenvalue weighted by Gasteiger charge is 2.37. The van der Waals surface area contributed by atoms with Crippen molar-refractivity contribution < 1.29 is 9.59 Å². The molecule has 1 amide bonds. The Balaban J connectivity index is 2.51. The van der Waals surface area contributed by atoms with E-state index in [1.165, 1.54) is 0 Å². The zero-order chi connectivity index (χ0) is 8.72. The average Bonchev–Trinajstić information content (AvgIpc) is 2.29. The molecule has 1 heterocycles. The Morgan fingerprint density at radius 1 is 1.42 bits per heavy atom. The molecule has 0 aromatic heterocycles. The maximum atomic E-state index is 11.1. The maximum Gasteiger partial charge on any atom is 0.314 e. The number of nitrogens with zero attached hydrogens (tertiary/aromatic N) is 1. The number of carbonyl (C=O) groups is 2. The highest BCUT2D eigenvalue weighted by molar-refractivity contribution is 6.49. The molecule has 0 radical (unpaired) electrons. The van der Waals surface area contributed by atoms with Crippen molar-refractivity contribution in [2.24, 2.45) is 16.6 Å². The largest absolute Gasteiger partial charge is 0.401 e. The van der Waals surface area contributed by atoms with E-state index in [2.05, 4.69) is 4.99 Å². The third-order valence-electron chi connectivity index (χ3n) is 1.89. The lowest BCUT2D eigenvalue weighted by molar-refractivity contribution is -0.135. The van der Waals surface area contributed by atoms with Crippen LogP contribution in [-0.4, -0.2) is 17.4 Å². The van der Waals surface area contributed by atoms with Gasteiger partial charge in [-0.1, -0.05) is 6.08 Å². The van der Waals surface area contributed by atoms with E-state index in [0.717, 1.165) is 0 Å². The van der Waals surface area contributed by atoms with Crippen LogP contribution in [0.2, 0.25) is 0 Å². The predicted molar refractivity (Wildman–Crippen MR) is 42.3 cm³/mol.